The minimum atomic E-state index is -3.74. The van der Waals surface area contributed by atoms with Crippen LogP contribution < -0.4 is 5.73 Å². The molecule has 0 aromatic carbocycles. The summed E-state index contributed by atoms with van der Waals surface area (Å²) in [6, 6.07) is -0.121. The Balaban J connectivity index is 2.43. The van der Waals surface area contributed by atoms with Gasteiger partial charge in [0.15, 0.2) is 5.84 Å². The lowest BCUT2D eigenvalue weighted by molar-refractivity contribution is 0.308. The molecule has 0 atom stereocenters. The summed E-state index contributed by atoms with van der Waals surface area (Å²) in [6.07, 6.45) is 3.54. The van der Waals surface area contributed by atoms with E-state index in [0.717, 1.165) is 25.7 Å². The Hall–Kier alpha value is -1.61. The molecule has 1 aromatic rings. The smallest absolute Gasteiger partial charge is 0.247 e. The summed E-state index contributed by atoms with van der Waals surface area (Å²) in [5, 5.41) is 18.3. The van der Waals surface area contributed by atoms with Crippen LogP contribution in [0.1, 0.15) is 37.1 Å². The largest absolute Gasteiger partial charge is 0.409 e. The predicted molar refractivity (Wildman–Crippen MR) is 77.6 cm³/mol. The third-order valence-corrected chi connectivity index (χ3v) is 5.97. The molecule has 0 radical (unpaired) electrons. The number of sulfonamides is 1. The highest BCUT2D eigenvalue weighted by Gasteiger charge is 2.36. The van der Waals surface area contributed by atoms with Crippen molar-refractivity contribution in [1.29, 1.82) is 0 Å². The summed E-state index contributed by atoms with van der Waals surface area (Å²) in [4.78, 5) is 0.181. The van der Waals surface area contributed by atoms with Crippen molar-refractivity contribution in [3.05, 3.63) is 11.4 Å². The lowest BCUT2D eigenvalue weighted by atomic mass is 10.2. The molecule has 0 amide bonds. The second kappa shape index (κ2) is 6.02. The van der Waals surface area contributed by atoms with E-state index in [2.05, 4.69) is 15.4 Å². The molecule has 0 unspecified atom stereocenters. The Morgan fingerprint density at radius 2 is 2.10 bits per heavy atom. The van der Waals surface area contributed by atoms with Gasteiger partial charge in [0, 0.05) is 6.04 Å². The maximum atomic E-state index is 12.9. The number of rotatable bonds is 5. The Morgan fingerprint density at radius 1 is 1.48 bits per heavy atom. The molecule has 1 fully saturated rings. The second-order valence-corrected chi connectivity index (χ2v) is 7.17. The van der Waals surface area contributed by atoms with Gasteiger partial charge in [-0.05, 0) is 26.7 Å². The first kappa shape index (κ1) is 15.8. The number of aromatic nitrogens is 2. The molecule has 0 bridgehead atoms. The quantitative estimate of drug-likeness (QED) is 0.319. The Labute approximate surface area is 124 Å². The second-order valence-electron chi connectivity index (χ2n) is 5.34. The van der Waals surface area contributed by atoms with Gasteiger partial charge in [-0.25, -0.2) is 8.42 Å². The minimum Gasteiger partial charge on any atom is -0.409 e. The van der Waals surface area contributed by atoms with Gasteiger partial charge in [0.25, 0.3) is 0 Å². The van der Waals surface area contributed by atoms with Crippen molar-refractivity contribution >= 4 is 15.9 Å². The summed E-state index contributed by atoms with van der Waals surface area (Å²) in [5.41, 5.74) is 6.46. The third kappa shape index (κ3) is 3.03. The molecule has 1 aliphatic rings. The summed E-state index contributed by atoms with van der Waals surface area (Å²) in [5.74, 6) is -0.121. The van der Waals surface area contributed by atoms with E-state index in [0.29, 0.717) is 11.4 Å². The molecule has 0 saturated heterocycles. The first-order chi connectivity index (χ1) is 9.87. The topological polar surface area (TPSA) is 125 Å². The molecule has 0 aliphatic heterocycles. The summed E-state index contributed by atoms with van der Waals surface area (Å²) in [6.45, 7) is 3.20. The van der Waals surface area contributed by atoms with Crippen molar-refractivity contribution in [3.8, 4) is 0 Å². The number of amidine groups is 1. The monoisotopic (exact) mass is 315 g/mol. The molecular formula is C12H21N5O3S. The first-order valence-corrected chi connectivity index (χ1v) is 8.31. The Bertz CT molecular complexity index is 612. The van der Waals surface area contributed by atoms with E-state index in [1.165, 1.54) is 4.31 Å². The highest BCUT2D eigenvalue weighted by atomic mass is 32.2. The molecule has 1 aliphatic carbocycles. The van der Waals surface area contributed by atoms with E-state index < -0.39 is 10.0 Å². The van der Waals surface area contributed by atoms with E-state index in [1.807, 2.05) is 0 Å². The number of nitrogens with zero attached hydrogens (tertiary/aromatic N) is 3. The standard InChI is InChI=1S/C12H21N5O3S/c1-8-12(9(2)15-14-8)21(19,20)17(7-11(13)16-18)10-5-3-4-6-10/h10,18H,3-7H2,1-2H3,(H2,13,16)(H,14,15). The van der Waals surface area contributed by atoms with Gasteiger partial charge >= 0.3 is 0 Å². The van der Waals surface area contributed by atoms with Gasteiger partial charge in [-0.15, -0.1) is 0 Å². The van der Waals surface area contributed by atoms with Gasteiger partial charge in [0.2, 0.25) is 10.0 Å². The van der Waals surface area contributed by atoms with Crippen molar-refractivity contribution in [2.45, 2.75) is 50.5 Å². The molecule has 4 N–H and O–H groups in total. The van der Waals surface area contributed by atoms with Crippen LogP contribution in [-0.4, -0.2) is 46.5 Å². The number of H-pyrrole nitrogens is 1. The molecule has 8 nitrogen and oxygen atoms in total. The lowest BCUT2D eigenvalue weighted by Gasteiger charge is -2.27. The SMILES string of the molecule is Cc1n[nH]c(C)c1S(=O)(=O)N(CC(N)=NO)C1CCCC1. The average molecular weight is 315 g/mol. The van der Waals surface area contributed by atoms with Crippen LogP contribution in [0.25, 0.3) is 0 Å². The van der Waals surface area contributed by atoms with Crippen molar-refractivity contribution in [2.75, 3.05) is 6.54 Å². The highest BCUT2D eigenvalue weighted by molar-refractivity contribution is 7.89. The molecule has 2 rings (SSSR count). The van der Waals surface area contributed by atoms with Gasteiger partial charge in [-0.2, -0.15) is 9.40 Å². The molecule has 9 heteroatoms. The van der Waals surface area contributed by atoms with Crippen molar-refractivity contribution in [3.63, 3.8) is 0 Å². The zero-order valence-corrected chi connectivity index (χ0v) is 13.0. The fourth-order valence-corrected chi connectivity index (χ4v) is 4.82. The summed E-state index contributed by atoms with van der Waals surface area (Å²) < 4.78 is 27.2. The van der Waals surface area contributed by atoms with Crippen LogP contribution in [0.4, 0.5) is 0 Å². The van der Waals surface area contributed by atoms with Crippen LogP contribution in [0.15, 0.2) is 10.1 Å². The van der Waals surface area contributed by atoms with Crippen LogP contribution in [0.3, 0.4) is 0 Å². The summed E-state index contributed by atoms with van der Waals surface area (Å²) in [7, 11) is -3.74. The molecule has 118 valence electrons. The normalized spacial score (nSPS) is 17.8. The van der Waals surface area contributed by atoms with E-state index in [1.54, 1.807) is 13.8 Å². The number of oxime groups is 1. The van der Waals surface area contributed by atoms with E-state index >= 15 is 0 Å². The van der Waals surface area contributed by atoms with Crippen LogP contribution in [0.2, 0.25) is 0 Å². The summed E-state index contributed by atoms with van der Waals surface area (Å²) >= 11 is 0. The Kier molecular flexibility index (Phi) is 4.52. The van der Waals surface area contributed by atoms with E-state index in [4.69, 9.17) is 10.9 Å². The molecule has 1 saturated carbocycles. The number of nitrogens with two attached hydrogens (primary N) is 1. The zero-order chi connectivity index (χ0) is 15.6. The van der Waals surface area contributed by atoms with Crippen LogP contribution >= 0.6 is 0 Å². The zero-order valence-electron chi connectivity index (χ0n) is 12.2. The number of hydrogen-bond donors (Lipinski definition) is 3. The van der Waals surface area contributed by atoms with Crippen LogP contribution in [0, 0.1) is 13.8 Å². The maximum Gasteiger partial charge on any atom is 0.247 e. The fraction of sp³-hybridized carbons (Fsp3) is 0.667. The first-order valence-electron chi connectivity index (χ1n) is 6.87. The van der Waals surface area contributed by atoms with Gasteiger partial charge in [0.1, 0.15) is 4.90 Å². The van der Waals surface area contributed by atoms with Gasteiger partial charge in [-0.1, -0.05) is 18.0 Å². The lowest BCUT2D eigenvalue weighted by Crippen LogP contribution is -2.44. The fourth-order valence-electron chi connectivity index (χ4n) is 2.83. The number of hydrogen-bond acceptors (Lipinski definition) is 5. The van der Waals surface area contributed by atoms with Crippen molar-refractivity contribution in [2.24, 2.45) is 10.9 Å². The molecule has 21 heavy (non-hydrogen) atoms. The minimum absolute atomic E-state index is 0.117. The third-order valence-electron chi connectivity index (χ3n) is 3.81. The predicted octanol–water partition coefficient (Wildman–Crippen LogP) is 0.706. The highest BCUT2D eigenvalue weighted by Crippen LogP contribution is 2.30. The number of nitrogens with one attached hydrogen (secondary N) is 1. The van der Waals surface area contributed by atoms with E-state index in [-0.39, 0.29) is 23.3 Å². The average Bonchev–Trinajstić information content (AvgIpc) is 3.05. The molecular weight excluding hydrogens is 294 g/mol. The van der Waals surface area contributed by atoms with Gasteiger partial charge in [0.05, 0.1) is 17.9 Å². The Morgan fingerprint density at radius 3 is 2.57 bits per heavy atom. The van der Waals surface area contributed by atoms with Crippen molar-refractivity contribution < 1.29 is 13.6 Å². The van der Waals surface area contributed by atoms with Crippen LogP contribution in [-0.2, 0) is 10.0 Å². The number of aromatic amines is 1. The van der Waals surface area contributed by atoms with Gasteiger partial charge in [-0.3, -0.25) is 5.10 Å². The van der Waals surface area contributed by atoms with Gasteiger partial charge < -0.3 is 10.9 Å². The molecule has 1 aromatic heterocycles. The number of aryl methyl sites for hydroxylation is 2. The molecule has 1 heterocycles. The maximum absolute atomic E-state index is 12.9. The van der Waals surface area contributed by atoms with Crippen LogP contribution in [0.5, 0.6) is 0 Å². The van der Waals surface area contributed by atoms with E-state index in [9.17, 15) is 8.42 Å². The van der Waals surface area contributed by atoms with Crippen molar-refractivity contribution in [1.82, 2.24) is 14.5 Å². The molecule has 0 spiro atoms.